The summed E-state index contributed by atoms with van der Waals surface area (Å²) in [6.07, 6.45) is 1.61. The number of nitrogens with one attached hydrogen (secondary N) is 1. The van der Waals surface area contributed by atoms with Crippen LogP contribution in [-0.4, -0.2) is 9.78 Å². The quantitative estimate of drug-likeness (QED) is 0.727. The first-order valence-electron chi connectivity index (χ1n) is 4.37. The van der Waals surface area contributed by atoms with Crippen LogP contribution in [0.15, 0.2) is 41.3 Å². The number of hydrogen-bond donors (Lipinski definition) is 2. The van der Waals surface area contributed by atoms with Crippen LogP contribution in [-0.2, 0) is 6.54 Å². The number of rotatable bonds is 2. The number of aromatic amines is 1. The highest BCUT2D eigenvalue weighted by atomic mass is 16.1. The molecule has 4 nitrogen and oxygen atoms in total. The van der Waals surface area contributed by atoms with Crippen LogP contribution in [0.25, 0.3) is 5.69 Å². The topological polar surface area (TPSA) is 63.8 Å². The molecule has 3 N–H and O–H groups in total. The van der Waals surface area contributed by atoms with Crippen molar-refractivity contribution in [3.05, 3.63) is 52.4 Å². The molecule has 1 aromatic carbocycles. The Kier molecular flexibility index (Phi) is 2.20. The van der Waals surface area contributed by atoms with Crippen molar-refractivity contribution in [2.24, 2.45) is 5.73 Å². The predicted molar refractivity (Wildman–Crippen MR) is 54.3 cm³/mol. The van der Waals surface area contributed by atoms with Crippen molar-refractivity contribution in [3.8, 4) is 5.69 Å². The zero-order valence-corrected chi connectivity index (χ0v) is 7.60. The summed E-state index contributed by atoms with van der Waals surface area (Å²) in [6.45, 7) is 0.475. The Morgan fingerprint density at radius 1 is 1.36 bits per heavy atom. The second-order valence-electron chi connectivity index (χ2n) is 3.01. The molecule has 14 heavy (non-hydrogen) atoms. The number of benzene rings is 1. The Balaban J connectivity index is 2.52. The van der Waals surface area contributed by atoms with Gasteiger partial charge in [-0.2, -0.15) is 0 Å². The molecule has 0 aliphatic carbocycles. The minimum Gasteiger partial charge on any atom is -0.326 e. The first kappa shape index (κ1) is 8.77. The molecule has 0 unspecified atom stereocenters. The number of aromatic nitrogens is 2. The Labute approximate surface area is 81.0 Å². The summed E-state index contributed by atoms with van der Waals surface area (Å²) >= 11 is 0. The molecule has 72 valence electrons. The molecule has 0 radical (unpaired) electrons. The third-order valence-corrected chi connectivity index (χ3v) is 2.05. The molecule has 0 aliphatic heterocycles. The smallest absolute Gasteiger partial charge is 0.271 e. The van der Waals surface area contributed by atoms with Crippen molar-refractivity contribution in [2.45, 2.75) is 6.54 Å². The maximum Gasteiger partial charge on any atom is 0.271 e. The SMILES string of the molecule is NCc1cccc(-n2[nH]ccc2=O)c1. The summed E-state index contributed by atoms with van der Waals surface area (Å²) in [5, 5.41) is 2.84. The molecule has 0 spiro atoms. The molecule has 0 saturated heterocycles. The maximum absolute atomic E-state index is 11.3. The zero-order chi connectivity index (χ0) is 9.97. The van der Waals surface area contributed by atoms with Crippen LogP contribution >= 0.6 is 0 Å². The summed E-state index contributed by atoms with van der Waals surface area (Å²) < 4.78 is 1.47. The van der Waals surface area contributed by atoms with Crippen molar-refractivity contribution >= 4 is 0 Å². The van der Waals surface area contributed by atoms with Gasteiger partial charge in [0, 0.05) is 18.8 Å². The first-order chi connectivity index (χ1) is 6.81. The van der Waals surface area contributed by atoms with Gasteiger partial charge in [0.25, 0.3) is 5.56 Å². The summed E-state index contributed by atoms with van der Waals surface area (Å²) in [5.74, 6) is 0. The molecule has 2 rings (SSSR count). The molecule has 0 amide bonds. The van der Waals surface area contributed by atoms with E-state index in [1.165, 1.54) is 10.7 Å². The first-order valence-corrected chi connectivity index (χ1v) is 4.37. The molecule has 0 bridgehead atoms. The monoisotopic (exact) mass is 189 g/mol. The molecular weight excluding hydrogens is 178 g/mol. The van der Waals surface area contributed by atoms with E-state index in [2.05, 4.69) is 5.10 Å². The Morgan fingerprint density at radius 2 is 2.21 bits per heavy atom. The summed E-state index contributed by atoms with van der Waals surface area (Å²) in [6, 6.07) is 9.03. The van der Waals surface area contributed by atoms with Crippen molar-refractivity contribution in [1.82, 2.24) is 9.78 Å². The van der Waals surface area contributed by atoms with Gasteiger partial charge < -0.3 is 5.73 Å². The van der Waals surface area contributed by atoms with Crippen molar-refractivity contribution < 1.29 is 0 Å². The van der Waals surface area contributed by atoms with E-state index in [-0.39, 0.29) is 5.56 Å². The van der Waals surface area contributed by atoms with E-state index in [0.717, 1.165) is 11.3 Å². The number of H-pyrrole nitrogens is 1. The maximum atomic E-state index is 11.3. The van der Waals surface area contributed by atoms with Gasteiger partial charge in [-0.3, -0.25) is 9.89 Å². The fraction of sp³-hybridized carbons (Fsp3) is 0.100. The second kappa shape index (κ2) is 3.51. The lowest BCUT2D eigenvalue weighted by Gasteiger charge is -2.03. The van der Waals surface area contributed by atoms with Crippen LogP contribution in [0.5, 0.6) is 0 Å². The summed E-state index contributed by atoms with van der Waals surface area (Å²) in [5.41, 5.74) is 7.25. The van der Waals surface area contributed by atoms with Crippen LogP contribution in [0.3, 0.4) is 0 Å². The number of nitrogens with zero attached hydrogens (tertiary/aromatic N) is 1. The average molecular weight is 189 g/mol. The molecule has 4 heteroatoms. The molecule has 0 aliphatic rings. The van der Waals surface area contributed by atoms with E-state index in [4.69, 9.17) is 5.73 Å². The minimum atomic E-state index is -0.0702. The van der Waals surface area contributed by atoms with Crippen molar-refractivity contribution in [3.63, 3.8) is 0 Å². The van der Waals surface area contributed by atoms with Crippen LogP contribution in [0.1, 0.15) is 5.56 Å². The van der Waals surface area contributed by atoms with Crippen molar-refractivity contribution in [1.29, 1.82) is 0 Å². The van der Waals surface area contributed by atoms with E-state index >= 15 is 0 Å². The third-order valence-electron chi connectivity index (χ3n) is 2.05. The van der Waals surface area contributed by atoms with Gasteiger partial charge >= 0.3 is 0 Å². The molecular formula is C10H11N3O. The molecule has 1 heterocycles. The normalized spacial score (nSPS) is 10.4. The zero-order valence-electron chi connectivity index (χ0n) is 7.60. The molecule has 1 aromatic heterocycles. The van der Waals surface area contributed by atoms with Gasteiger partial charge in [0.05, 0.1) is 5.69 Å². The van der Waals surface area contributed by atoms with Gasteiger partial charge in [0.1, 0.15) is 0 Å². The summed E-state index contributed by atoms with van der Waals surface area (Å²) in [7, 11) is 0. The summed E-state index contributed by atoms with van der Waals surface area (Å²) in [4.78, 5) is 11.3. The van der Waals surface area contributed by atoms with Crippen LogP contribution in [0.2, 0.25) is 0 Å². The van der Waals surface area contributed by atoms with Gasteiger partial charge in [-0.1, -0.05) is 12.1 Å². The van der Waals surface area contributed by atoms with Gasteiger partial charge in [-0.25, -0.2) is 4.68 Å². The highest BCUT2D eigenvalue weighted by Gasteiger charge is 1.99. The van der Waals surface area contributed by atoms with Gasteiger partial charge in [-0.05, 0) is 17.7 Å². The highest BCUT2D eigenvalue weighted by molar-refractivity contribution is 5.34. The largest absolute Gasteiger partial charge is 0.326 e. The molecule has 0 atom stereocenters. The standard InChI is InChI=1S/C10H11N3O/c11-7-8-2-1-3-9(6-8)13-10(14)4-5-12-13/h1-6,12H,7,11H2. The van der Waals surface area contributed by atoms with E-state index in [1.54, 1.807) is 6.20 Å². The minimum absolute atomic E-state index is 0.0702. The third kappa shape index (κ3) is 1.47. The molecule has 2 aromatic rings. The van der Waals surface area contributed by atoms with E-state index in [0.29, 0.717) is 6.54 Å². The lowest BCUT2D eigenvalue weighted by Crippen LogP contribution is -2.13. The lowest BCUT2D eigenvalue weighted by atomic mass is 10.2. The second-order valence-corrected chi connectivity index (χ2v) is 3.01. The Bertz CT molecular complexity index is 484. The van der Waals surface area contributed by atoms with Gasteiger partial charge in [0.2, 0.25) is 0 Å². The van der Waals surface area contributed by atoms with E-state index in [9.17, 15) is 4.79 Å². The fourth-order valence-corrected chi connectivity index (χ4v) is 1.35. The van der Waals surface area contributed by atoms with Gasteiger partial charge in [0.15, 0.2) is 0 Å². The van der Waals surface area contributed by atoms with Crippen LogP contribution in [0.4, 0.5) is 0 Å². The van der Waals surface area contributed by atoms with Crippen molar-refractivity contribution in [2.75, 3.05) is 0 Å². The predicted octanol–water partition coefficient (Wildman–Crippen LogP) is 0.624. The lowest BCUT2D eigenvalue weighted by molar-refractivity contribution is 0.846. The van der Waals surface area contributed by atoms with Crippen LogP contribution < -0.4 is 11.3 Å². The average Bonchev–Trinajstić information content (AvgIpc) is 2.65. The van der Waals surface area contributed by atoms with E-state index in [1.807, 2.05) is 24.3 Å². The fourth-order valence-electron chi connectivity index (χ4n) is 1.35. The molecule has 0 saturated carbocycles. The Hall–Kier alpha value is -1.81. The number of hydrogen-bond acceptors (Lipinski definition) is 2. The van der Waals surface area contributed by atoms with E-state index < -0.39 is 0 Å². The number of nitrogens with two attached hydrogens (primary N) is 1. The highest BCUT2D eigenvalue weighted by Crippen LogP contribution is 2.06. The van der Waals surface area contributed by atoms with Crippen LogP contribution in [0, 0.1) is 0 Å². The van der Waals surface area contributed by atoms with Gasteiger partial charge in [-0.15, -0.1) is 0 Å². The Morgan fingerprint density at radius 3 is 2.86 bits per heavy atom. The molecule has 0 fully saturated rings.